The molecule has 0 bridgehead atoms. The van der Waals surface area contributed by atoms with Crippen LogP contribution in [0.1, 0.15) is 11.1 Å². The van der Waals surface area contributed by atoms with E-state index in [-0.39, 0.29) is 0 Å². The van der Waals surface area contributed by atoms with E-state index in [4.69, 9.17) is 6.42 Å². The molecule has 1 atom stereocenters. The molecule has 1 aromatic carbocycles. The molecule has 0 amide bonds. The standard InChI is InChI=1S/C9H9P/c1-3-8-4-5-9(10)7(2)6-8/h1,4-6H,10H2,2H3. The van der Waals surface area contributed by atoms with Crippen LogP contribution in [0.15, 0.2) is 18.2 Å². The van der Waals surface area contributed by atoms with Gasteiger partial charge in [0.15, 0.2) is 0 Å². The van der Waals surface area contributed by atoms with Gasteiger partial charge in [-0.3, -0.25) is 0 Å². The Morgan fingerprint density at radius 1 is 1.50 bits per heavy atom. The molecule has 10 heavy (non-hydrogen) atoms. The third kappa shape index (κ3) is 1.38. The molecular weight excluding hydrogens is 139 g/mol. The largest absolute Gasteiger partial charge is 0.115 e. The van der Waals surface area contributed by atoms with E-state index >= 15 is 0 Å². The average Bonchev–Trinajstić information content (AvgIpc) is 1.95. The van der Waals surface area contributed by atoms with Gasteiger partial charge in [0.1, 0.15) is 0 Å². The van der Waals surface area contributed by atoms with Gasteiger partial charge in [-0.15, -0.1) is 15.7 Å². The summed E-state index contributed by atoms with van der Waals surface area (Å²) in [6.07, 6.45) is 5.21. The highest BCUT2D eigenvalue weighted by molar-refractivity contribution is 7.27. The highest BCUT2D eigenvalue weighted by atomic mass is 31.0. The van der Waals surface area contributed by atoms with Crippen LogP contribution >= 0.6 is 9.24 Å². The van der Waals surface area contributed by atoms with E-state index in [0.717, 1.165) is 5.56 Å². The van der Waals surface area contributed by atoms with Crippen LogP contribution in [0.3, 0.4) is 0 Å². The zero-order chi connectivity index (χ0) is 7.56. The molecule has 0 saturated carbocycles. The Balaban J connectivity index is 3.20. The van der Waals surface area contributed by atoms with Gasteiger partial charge in [0, 0.05) is 5.56 Å². The van der Waals surface area contributed by atoms with Gasteiger partial charge in [0.25, 0.3) is 0 Å². The van der Waals surface area contributed by atoms with Crippen LogP contribution in [0.4, 0.5) is 0 Å². The molecule has 0 aromatic heterocycles. The minimum absolute atomic E-state index is 0.948. The van der Waals surface area contributed by atoms with Gasteiger partial charge in [0.05, 0.1) is 0 Å². The summed E-state index contributed by atoms with van der Waals surface area (Å²) >= 11 is 0. The van der Waals surface area contributed by atoms with Crippen molar-refractivity contribution < 1.29 is 0 Å². The van der Waals surface area contributed by atoms with Crippen LogP contribution in [0, 0.1) is 19.3 Å². The quantitative estimate of drug-likeness (QED) is 0.386. The summed E-state index contributed by atoms with van der Waals surface area (Å²) in [5.74, 6) is 2.59. The van der Waals surface area contributed by atoms with Crippen molar-refractivity contribution in [3.8, 4) is 12.3 Å². The highest BCUT2D eigenvalue weighted by Crippen LogP contribution is 2.02. The number of benzene rings is 1. The summed E-state index contributed by atoms with van der Waals surface area (Å²) in [5.41, 5.74) is 2.17. The molecule has 0 saturated heterocycles. The predicted molar refractivity (Wildman–Crippen MR) is 48.5 cm³/mol. The van der Waals surface area contributed by atoms with Gasteiger partial charge in [-0.25, -0.2) is 0 Å². The van der Waals surface area contributed by atoms with Gasteiger partial charge in [-0.05, 0) is 29.9 Å². The first-order valence-electron chi connectivity index (χ1n) is 3.07. The lowest BCUT2D eigenvalue weighted by atomic mass is 10.1. The van der Waals surface area contributed by atoms with Crippen molar-refractivity contribution in [2.75, 3.05) is 0 Å². The molecule has 1 rings (SSSR count). The fourth-order valence-corrected chi connectivity index (χ4v) is 0.945. The van der Waals surface area contributed by atoms with Crippen molar-refractivity contribution in [1.82, 2.24) is 0 Å². The smallest absolute Gasteiger partial charge is 0.0245 e. The van der Waals surface area contributed by atoms with Gasteiger partial charge < -0.3 is 0 Å². The molecule has 50 valence electrons. The van der Waals surface area contributed by atoms with E-state index in [2.05, 4.69) is 15.2 Å². The van der Waals surface area contributed by atoms with E-state index < -0.39 is 0 Å². The Bertz CT molecular complexity index is 281. The van der Waals surface area contributed by atoms with Crippen LogP contribution in [0.5, 0.6) is 0 Å². The Morgan fingerprint density at radius 3 is 2.70 bits per heavy atom. The lowest BCUT2D eigenvalue weighted by Crippen LogP contribution is -1.95. The molecular formula is C9H9P. The van der Waals surface area contributed by atoms with Crippen molar-refractivity contribution in [2.24, 2.45) is 0 Å². The van der Waals surface area contributed by atoms with Crippen LogP contribution < -0.4 is 5.30 Å². The van der Waals surface area contributed by atoms with Gasteiger partial charge >= 0.3 is 0 Å². The molecule has 0 N–H and O–H groups in total. The maximum atomic E-state index is 5.21. The minimum atomic E-state index is 0.948. The zero-order valence-corrected chi connectivity index (χ0v) is 7.04. The second-order valence-electron chi connectivity index (χ2n) is 2.22. The molecule has 0 fully saturated rings. The van der Waals surface area contributed by atoms with Gasteiger partial charge in [-0.2, -0.15) is 0 Å². The van der Waals surface area contributed by atoms with Crippen LogP contribution in [-0.2, 0) is 0 Å². The van der Waals surface area contributed by atoms with E-state index in [0.29, 0.717) is 0 Å². The fraction of sp³-hybridized carbons (Fsp3) is 0.111. The Kier molecular flexibility index (Phi) is 2.10. The first kappa shape index (κ1) is 7.32. The van der Waals surface area contributed by atoms with E-state index in [1.807, 2.05) is 25.1 Å². The SMILES string of the molecule is C#Cc1ccc(P)c(C)c1. The molecule has 1 heteroatoms. The second kappa shape index (κ2) is 2.86. The van der Waals surface area contributed by atoms with Crippen molar-refractivity contribution >= 4 is 14.5 Å². The summed E-state index contributed by atoms with van der Waals surface area (Å²) in [4.78, 5) is 0. The minimum Gasteiger partial charge on any atom is -0.115 e. The third-order valence-corrected chi connectivity index (χ3v) is 2.08. The monoisotopic (exact) mass is 148 g/mol. The second-order valence-corrected chi connectivity index (χ2v) is 2.84. The topological polar surface area (TPSA) is 0 Å². The Labute approximate surface area is 63.9 Å². The van der Waals surface area contributed by atoms with Crippen molar-refractivity contribution in [3.63, 3.8) is 0 Å². The molecule has 1 unspecified atom stereocenters. The van der Waals surface area contributed by atoms with Crippen molar-refractivity contribution in [1.29, 1.82) is 0 Å². The number of hydrogen-bond donors (Lipinski definition) is 0. The summed E-state index contributed by atoms with van der Waals surface area (Å²) < 4.78 is 0. The van der Waals surface area contributed by atoms with E-state index in [1.165, 1.54) is 10.9 Å². The van der Waals surface area contributed by atoms with Crippen LogP contribution in [0.2, 0.25) is 0 Å². The molecule has 0 nitrogen and oxygen atoms in total. The molecule has 0 aliphatic rings. The van der Waals surface area contributed by atoms with Crippen LogP contribution in [-0.4, -0.2) is 0 Å². The zero-order valence-electron chi connectivity index (χ0n) is 5.89. The molecule has 0 aliphatic carbocycles. The van der Waals surface area contributed by atoms with Gasteiger partial charge in [-0.1, -0.05) is 12.0 Å². The number of rotatable bonds is 0. The maximum Gasteiger partial charge on any atom is 0.0245 e. The fourth-order valence-electron chi connectivity index (χ4n) is 0.765. The summed E-state index contributed by atoms with van der Waals surface area (Å²) in [6.45, 7) is 2.04. The lowest BCUT2D eigenvalue weighted by molar-refractivity contribution is 1.50. The van der Waals surface area contributed by atoms with E-state index in [9.17, 15) is 0 Å². The van der Waals surface area contributed by atoms with Crippen molar-refractivity contribution in [3.05, 3.63) is 29.3 Å². The third-order valence-electron chi connectivity index (χ3n) is 1.44. The summed E-state index contributed by atoms with van der Waals surface area (Å²) in [6, 6.07) is 5.95. The van der Waals surface area contributed by atoms with Crippen molar-refractivity contribution in [2.45, 2.75) is 6.92 Å². The Morgan fingerprint density at radius 2 is 2.20 bits per heavy atom. The normalized spacial score (nSPS) is 8.90. The first-order chi connectivity index (χ1) is 4.74. The lowest BCUT2D eigenvalue weighted by Gasteiger charge is -1.97. The summed E-state index contributed by atoms with van der Waals surface area (Å²) in [5, 5.41) is 1.21. The molecule has 0 heterocycles. The number of terminal acetylenes is 1. The molecule has 0 radical (unpaired) electrons. The molecule has 0 spiro atoms. The molecule has 1 aromatic rings. The average molecular weight is 148 g/mol. The maximum absolute atomic E-state index is 5.21. The van der Waals surface area contributed by atoms with Gasteiger partial charge in [0.2, 0.25) is 0 Å². The Hall–Kier alpha value is -0.790. The predicted octanol–water partition coefficient (Wildman–Crippen LogP) is 1.48. The number of aryl methyl sites for hydroxylation is 1. The number of hydrogen-bond acceptors (Lipinski definition) is 0. The highest BCUT2D eigenvalue weighted by Gasteiger charge is 1.91. The van der Waals surface area contributed by atoms with E-state index in [1.54, 1.807) is 0 Å². The first-order valence-corrected chi connectivity index (χ1v) is 3.64. The molecule has 0 aliphatic heterocycles. The summed E-state index contributed by atoms with van der Waals surface area (Å²) in [7, 11) is 2.66. The van der Waals surface area contributed by atoms with Crippen LogP contribution in [0.25, 0.3) is 0 Å².